The van der Waals surface area contributed by atoms with Crippen molar-refractivity contribution >= 4 is 0 Å². The van der Waals surface area contributed by atoms with Crippen molar-refractivity contribution in [2.45, 2.75) is 57.4 Å². The lowest BCUT2D eigenvalue weighted by molar-refractivity contribution is 0.245. The molecule has 0 radical (unpaired) electrons. The largest absolute Gasteiger partial charge is 0.338 e. The number of nitrogens with zero attached hydrogens (tertiary/aromatic N) is 2. The Balaban J connectivity index is 1.73. The number of hydrogen-bond donors (Lipinski definition) is 1. The smallest absolute Gasteiger partial charge is 0.243 e. The molecule has 2 unspecified atom stereocenters. The van der Waals surface area contributed by atoms with Crippen LogP contribution in [0.1, 0.15) is 63.7 Å². The van der Waals surface area contributed by atoms with E-state index >= 15 is 0 Å². The normalized spacial score (nSPS) is 31.4. The van der Waals surface area contributed by atoms with Gasteiger partial charge in [0.15, 0.2) is 5.82 Å². The zero-order valence-corrected chi connectivity index (χ0v) is 10.7. The van der Waals surface area contributed by atoms with E-state index in [1.807, 2.05) is 0 Å². The second-order valence-electron chi connectivity index (χ2n) is 5.82. The molecule has 1 aliphatic heterocycles. The van der Waals surface area contributed by atoms with E-state index in [9.17, 15) is 0 Å². The van der Waals surface area contributed by atoms with Crippen molar-refractivity contribution in [1.82, 2.24) is 15.5 Å². The average Bonchev–Trinajstić information content (AvgIpc) is 2.94. The Bertz CT molecular complexity index is 397. The van der Waals surface area contributed by atoms with E-state index in [2.05, 4.69) is 29.3 Å². The van der Waals surface area contributed by atoms with Gasteiger partial charge in [-0.25, -0.2) is 0 Å². The molecule has 0 amide bonds. The average molecular weight is 235 g/mol. The molecule has 4 heteroatoms. The van der Waals surface area contributed by atoms with Crippen LogP contribution in [-0.4, -0.2) is 16.7 Å². The first-order chi connectivity index (χ1) is 8.21. The Morgan fingerprint density at radius 3 is 3.00 bits per heavy atom. The summed E-state index contributed by atoms with van der Waals surface area (Å²) >= 11 is 0. The summed E-state index contributed by atoms with van der Waals surface area (Å²) in [5, 5.41) is 7.64. The Hall–Kier alpha value is -0.900. The minimum absolute atomic E-state index is 0.209. The summed E-state index contributed by atoms with van der Waals surface area (Å²) in [7, 11) is 0. The van der Waals surface area contributed by atoms with Crippen LogP contribution < -0.4 is 5.32 Å². The highest BCUT2D eigenvalue weighted by Crippen LogP contribution is 2.46. The van der Waals surface area contributed by atoms with Crippen LogP contribution in [0.15, 0.2) is 4.52 Å². The van der Waals surface area contributed by atoms with Gasteiger partial charge in [0, 0.05) is 5.41 Å². The van der Waals surface area contributed by atoms with E-state index in [1.54, 1.807) is 0 Å². The van der Waals surface area contributed by atoms with Crippen LogP contribution in [0.4, 0.5) is 0 Å². The second-order valence-corrected chi connectivity index (χ2v) is 5.82. The molecule has 94 valence electrons. The zero-order chi connectivity index (χ0) is 11.9. The first kappa shape index (κ1) is 11.2. The minimum atomic E-state index is 0.209. The number of piperidine rings is 1. The Kier molecular flexibility index (Phi) is 2.69. The van der Waals surface area contributed by atoms with Gasteiger partial charge in [-0.2, -0.15) is 4.98 Å². The fourth-order valence-electron chi connectivity index (χ4n) is 2.59. The fourth-order valence-corrected chi connectivity index (χ4v) is 2.59. The van der Waals surface area contributed by atoms with Crippen LogP contribution in [0, 0.1) is 5.92 Å². The summed E-state index contributed by atoms with van der Waals surface area (Å²) in [5.74, 6) is 2.51. The standard InChI is InChI=1S/C13H21N3O/c1-3-9-4-7-14-10(8-9)11-15-12(16-17-11)13(2)5-6-13/h9-10,14H,3-8H2,1-2H3. The Labute approximate surface area is 102 Å². The van der Waals surface area contributed by atoms with Crippen LogP contribution >= 0.6 is 0 Å². The number of rotatable bonds is 3. The van der Waals surface area contributed by atoms with Crippen molar-refractivity contribution in [2.75, 3.05) is 6.54 Å². The maximum atomic E-state index is 5.44. The lowest BCUT2D eigenvalue weighted by Gasteiger charge is -2.27. The highest BCUT2D eigenvalue weighted by Gasteiger charge is 2.44. The zero-order valence-electron chi connectivity index (χ0n) is 10.7. The SMILES string of the molecule is CCC1CCNC(c2nc(C3(C)CC3)no2)C1. The van der Waals surface area contributed by atoms with Crippen molar-refractivity contribution < 1.29 is 4.52 Å². The molecule has 1 saturated heterocycles. The summed E-state index contributed by atoms with van der Waals surface area (Å²) in [6.45, 7) is 5.54. The van der Waals surface area contributed by atoms with Gasteiger partial charge in [0.25, 0.3) is 0 Å². The molecule has 2 aliphatic rings. The van der Waals surface area contributed by atoms with Crippen LogP contribution in [0.2, 0.25) is 0 Å². The number of hydrogen-bond acceptors (Lipinski definition) is 4. The summed E-state index contributed by atoms with van der Waals surface area (Å²) < 4.78 is 5.44. The highest BCUT2D eigenvalue weighted by molar-refractivity contribution is 5.15. The molecule has 3 rings (SSSR count). The minimum Gasteiger partial charge on any atom is -0.338 e. The summed E-state index contributed by atoms with van der Waals surface area (Å²) in [4.78, 5) is 4.60. The van der Waals surface area contributed by atoms with Gasteiger partial charge in [-0.1, -0.05) is 25.4 Å². The number of nitrogens with one attached hydrogen (secondary N) is 1. The second kappa shape index (κ2) is 4.09. The van der Waals surface area contributed by atoms with Crippen molar-refractivity contribution in [1.29, 1.82) is 0 Å². The molecule has 0 spiro atoms. The van der Waals surface area contributed by atoms with Gasteiger partial charge < -0.3 is 9.84 Å². The van der Waals surface area contributed by atoms with Gasteiger partial charge in [0.1, 0.15) is 0 Å². The molecule has 17 heavy (non-hydrogen) atoms. The van der Waals surface area contributed by atoms with Gasteiger partial charge in [-0.3, -0.25) is 0 Å². The van der Waals surface area contributed by atoms with E-state index in [0.29, 0.717) is 0 Å². The molecule has 4 nitrogen and oxygen atoms in total. The molecule has 1 N–H and O–H groups in total. The van der Waals surface area contributed by atoms with E-state index in [4.69, 9.17) is 4.52 Å². The third-order valence-electron chi connectivity index (χ3n) is 4.37. The molecule has 1 saturated carbocycles. The van der Waals surface area contributed by atoms with Crippen LogP contribution in [-0.2, 0) is 5.41 Å². The third kappa shape index (κ3) is 2.10. The first-order valence-corrected chi connectivity index (χ1v) is 6.79. The molecule has 2 fully saturated rings. The maximum Gasteiger partial charge on any atom is 0.243 e. The molecular weight excluding hydrogens is 214 g/mol. The predicted molar refractivity (Wildman–Crippen MR) is 64.6 cm³/mol. The van der Waals surface area contributed by atoms with Gasteiger partial charge in [-0.15, -0.1) is 0 Å². The highest BCUT2D eigenvalue weighted by atomic mass is 16.5. The molecule has 0 bridgehead atoms. The monoisotopic (exact) mass is 235 g/mol. The van der Waals surface area contributed by atoms with E-state index in [1.165, 1.54) is 25.7 Å². The van der Waals surface area contributed by atoms with Gasteiger partial charge in [-0.05, 0) is 38.1 Å². The summed E-state index contributed by atoms with van der Waals surface area (Å²) in [6, 6.07) is 0.275. The molecule has 2 heterocycles. The lowest BCUT2D eigenvalue weighted by Crippen LogP contribution is -2.31. The molecular formula is C13H21N3O. The van der Waals surface area contributed by atoms with Gasteiger partial charge >= 0.3 is 0 Å². The summed E-state index contributed by atoms with van der Waals surface area (Å²) in [5.41, 5.74) is 0.209. The molecule has 2 atom stereocenters. The quantitative estimate of drug-likeness (QED) is 0.874. The molecule has 1 aromatic heterocycles. The van der Waals surface area contributed by atoms with Crippen molar-refractivity contribution in [3.63, 3.8) is 0 Å². The molecule has 0 aromatic carbocycles. The Morgan fingerprint density at radius 2 is 2.29 bits per heavy atom. The molecule has 1 aromatic rings. The van der Waals surface area contributed by atoms with Gasteiger partial charge in [0.05, 0.1) is 6.04 Å². The first-order valence-electron chi connectivity index (χ1n) is 6.79. The topological polar surface area (TPSA) is 51.0 Å². The fraction of sp³-hybridized carbons (Fsp3) is 0.846. The Morgan fingerprint density at radius 1 is 1.47 bits per heavy atom. The number of aromatic nitrogens is 2. The van der Waals surface area contributed by atoms with Crippen molar-refractivity contribution in [2.24, 2.45) is 5.92 Å². The van der Waals surface area contributed by atoms with Crippen LogP contribution in [0.3, 0.4) is 0 Å². The third-order valence-corrected chi connectivity index (χ3v) is 4.37. The maximum absolute atomic E-state index is 5.44. The van der Waals surface area contributed by atoms with E-state index in [0.717, 1.165) is 30.6 Å². The predicted octanol–water partition coefficient (Wildman–Crippen LogP) is 2.57. The van der Waals surface area contributed by atoms with E-state index < -0.39 is 0 Å². The van der Waals surface area contributed by atoms with Gasteiger partial charge in [0.2, 0.25) is 5.89 Å². The van der Waals surface area contributed by atoms with Crippen LogP contribution in [0.25, 0.3) is 0 Å². The lowest BCUT2D eigenvalue weighted by atomic mass is 9.90. The van der Waals surface area contributed by atoms with Crippen molar-refractivity contribution in [3.05, 3.63) is 11.7 Å². The summed E-state index contributed by atoms with van der Waals surface area (Å²) in [6.07, 6.45) is 6.04. The molecule has 1 aliphatic carbocycles. The van der Waals surface area contributed by atoms with Crippen molar-refractivity contribution in [3.8, 4) is 0 Å². The van der Waals surface area contributed by atoms with E-state index in [-0.39, 0.29) is 11.5 Å². The van der Waals surface area contributed by atoms with Crippen LogP contribution in [0.5, 0.6) is 0 Å².